The summed E-state index contributed by atoms with van der Waals surface area (Å²) in [6.45, 7) is 3.83. The van der Waals surface area contributed by atoms with Gasteiger partial charge >= 0.3 is 0 Å². The van der Waals surface area contributed by atoms with Crippen molar-refractivity contribution in [3.8, 4) is 11.5 Å². The van der Waals surface area contributed by atoms with Gasteiger partial charge in [-0.15, -0.1) is 0 Å². The average molecular weight is 452 g/mol. The molecule has 0 aliphatic carbocycles. The maximum absolute atomic E-state index is 12.8. The van der Waals surface area contributed by atoms with Crippen LogP contribution in [0.3, 0.4) is 0 Å². The third kappa shape index (κ3) is 5.63. The summed E-state index contributed by atoms with van der Waals surface area (Å²) in [5.41, 5.74) is 1.90. The molecule has 1 fully saturated rings. The van der Waals surface area contributed by atoms with Gasteiger partial charge in [-0.3, -0.25) is 19.3 Å². The van der Waals surface area contributed by atoms with Crippen molar-refractivity contribution < 1.29 is 23.9 Å². The van der Waals surface area contributed by atoms with Crippen molar-refractivity contribution in [1.82, 2.24) is 4.90 Å². The number of amides is 3. The molecule has 8 nitrogen and oxygen atoms in total. The number of hydrogen-bond donors (Lipinski definition) is 1. The molecule has 1 saturated heterocycles. The highest BCUT2D eigenvalue weighted by molar-refractivity contribution is 6.03. The average Bonchev–Trinajstić information content (AvgIpc) is 2.83. The van der Waals surface area contributed by atoms with E-state index in [1.165, 1.54) is 4.90 Å². The first-order valence-electron chi connectivity index (χ1n) is 11.4. The lowest BCUT2D eigenvalue weighted by molar-refractivity contribution is -0.132. The van der Waals surface area contributed by atoms with Gasteiger partial charge in [0.2, 0.25) is 11.8 Å². The molecule has 2 aromatic rings. The minimum Gasteiger partial charge on any atom is -0.494 e. The molecule has 0 radical (unpaired) electrons. The van der Waals surface area contributed by atoms with Crippen LogP contribution in [0, 0.1) is 0 Å². The number of rotatable bonds is 7. The van der Waals surface area contributed by atoms with E-state index in [4.69, 9.17) is 9.47 Å². The Morgan fingerprint density at radius 2 is 1.82 bits per heavy atom. The molecule has 0 bridgehead atoms. The van der Waals surface area contributed by atoms with Crippen molar-refractivity contribution in [1.29, 1.82) is 0 Å². The molecule has 1 N–H and O–H groups in total. The molecule has 2 aliphatic heterocycles. The van der Waals surface area contributed by atoms with Crippen LogP contribution in [0.25, 0.3) is 0 Å². The summed E-state index contributed by atoms with van der Waals surface area (Å²) in [7, 11) is 0. The largest absolute Gasteiger partial charge is 0.494 e. The first-order chi connectivity index (χ1) is 16.0. The van der Waals surface area contributed by atoms with Crippen LogP contribution in [0.2, 0.25) is 0 Å². The lowest BCUT2D eigenvalue weighted by atomic mass is 10.1. The van der Waals surface area contributed by atoms with Crippen molar-refractivity contribution in [3.63, 3.8) is 0 Å². The fourth-order valence-corrected chi connectivity index (χ4v) is 4.09. The van der Waals surface area contributed by atoms with Gasteiger partial charge in [-0.1, -0.05) is 12.1 Å². The van der Waals surface area contributed by atoms with Gasteiger partial charge in [-0.25, -0.2) is 0 Å². The topological polar surface area (TPSA) is 88.2 Å². The summed E-state index contributed by atoms with van der Waals surface area (Å²) in [5, 5.41) is 2.87. The lowest BCUT2D eigenvalue weighted by Gasteiger charge is -2.33. The summed E-state index contributed by atoms with van der Waals surface area (Å²) in [6, 6.07) is 12.5. The second-order valence-electron chi connectivity index (χ2n) is 8.19. The summed E-state index contributed by atoms with van der Waals surface area (Å²) < 4.78 is 11.0. The number of hydrogen-bond acceptors (Lipinski definition) is 5. The van der Waals surface area contributed by atoms with Gasteiger partial charge in [0.25, 0.3) is 5.91 Å². The number of likely N-dealkylation sites (tertiary alicyclic amines) is 1. The Hall–Kier alpha value is -3.55. The van der Waals surface area contributed by atoms with E-state index >= 15 is 0 Å². The molecule has 0 aromatic heterocycles. The monoisotopic (exact) mass is 451 g/mol. The van der Waals surface area contributed by atoms with Gasteiger partial charge in [0.15, 0.2) is 6.61 Å². The zero-order valence-electron chi connectivity index (χ0n) is 18.8. The van der Waals surface area contributed by atoms with Crippen LogP contribution < -0.4 is 19.7 Å². The van der Waals surface area contributed by atoms with Crippen molar-refractivity contribution in [3.05, 3.63) is 48.0 Å². The van der Waals surface area contributed by atoms with Gasteiger partial charge in [0, 0.05) is 18.8 Å². The van der Waals surface area contributed by atoms with E-state index in [0.717, 1.165) is 43.7 Å². The van der Waals surface area contributed by atoms with Crippen molar-refractivity contribution >= 4 is 29.1 Å². The summed E-state index contributed by atoms with van der Waals surface area (Å²) in [4.78, 5) is 41.2. The second-order valence-corrected chi connectivity index (χ2v) is 8.19. The standard InChI is InChI=1S/C25H29N3O5/c1-2-32-20-9-6-18(7-10-20)14-23(29)26-19-8-11-22-21(15-19)28(25(31)17-33-22)16-24(30)27-12-4-3-5-13-27/h6-11,15H,2-5,12-14,16-17H2,1H3,(H,26,29). The maximum Gasteiger partial charge on any atom is 0.265 e. The summed E-state index contributed by atoms with van der Waals surface area (Å²) in [6.07, 6.45) is 3.31. The fourth-order valence-electron chi connectivity index (χ4n) is 4.09. The molecular formula is C25H29N3O5. The van der Waals surface area contributed by atoms with Crippen molar-refractivity contribution in [2.75, 3.05) is 43.1 Å². The quantitative estimate of drug-likeness (QED) is 0.699. The SMILES string of the molecule is CCOc1ccc(CC(=O)Nc2ccc3c(c2)N(CC(=O)N2CCCCC2)C(=O)CO3)cc1. The van der Waals surface area contributed by atoms with Crippen LogP contribution in [0.1, 0.15) is 31.7 Å². The Morgan fingerprint density at radius 1 is 1.06 bits per heavy atom. The van der Waals surface area contributed by atoms with Gasteiger partial charge < -0.3 is 19.7 Å². The van der Waals surface area contributed by atoms with Crippen LogP contribution in [-0.4, -0.2) is 55.5 Å². The number of nitrogens with one attached hydrogen (secondary N) is 1. The molecule has 0 unspecified atom stereocenters. The Labute approximate surface area is 193 Å². The molecule has 33 heavy (non-hydrogen) atoms. The van der Waals surface area contributed by atoms with Crippen LogP contribution in [0.15, 0.2) is 42.5 Å². The van der Waals surface area contributed by atoms with E-state index in [-0.39, 0.29) is 37.3 Å². The number of anilines is 2. The third-order valence-corrected chi connectivity index (χ3v) is 5.79. The van der Waals surface area contributed by atoms with Crippen molar-refractivity contribution in [2.24, 2.45) is 0 Å². The molecular weight excluding hydrogens is 422 g/mol. The minimum absolute atomic E-state index is 0.0290. The van der Waals surface area contributed by atoms with E-state index < -0.39 is 0 Å². The number of ether oxygens (including phenoxy) is 2. The van der Waals surface area contributed by atoms with Gasteiger partial charge in [-0.2, -0.15) is 0 Å². The first kappa shape index (κ1) is 22.6. The molecule has 2 aromatic carbocycles. The number of benzene rings is 2. The van der Waals surface area contributed by atoms with E-state index in [0.29, 0.717) is 23.7 Å². The molecule has 0 atom stereocenters. The normalized spacial score (nSPS) is 15.5. The molecule has 2 heterocycles. The van der Waals surface area contributed by atoms with E-state index in [9.17, 15) is 14.4 Å². The number of carbonyl (C=O) groups excluding carboxylic acids is 3. The molecule has 0 saturated carbocycles. The maximum atomic E-state index is 12.8. The van der Waals surface area contributed by atoms with Crippen molar-refractivity contribution in [2.45, 2.75) is 32.6 Å². The molecule has 8 heteroatoms. The van der Waals surface area contributed by atoms with E-state index in [2.05, 4.69) is 5.32 Å². The number of nitrogens with zero attached hydrogens (tertiary/aromatic N) is 2. The Balaban J connectivity index is 1.43. The second kappa shape index (κ2) is 10.4. The Kier molecular flexibility index (Phi) is 7.12. The first-order valence-corrected chi connectivity index (χ1v) is 11.4. The highest BCUT2D eigenvalue weighted by Gasteiger charge is 2.29. The zero-order valence-corrected chi connectivity index (χ0v) is 18.8. The summed E-state index contributed by atoms with van der Waals surface area (Å²) in [5.74, 6) is 0.760. The van der Waals surface area contributed by atoms with Crippen LogP contribution in [-0.2, 0) is 20.8 Å². The minimum atomic E-state index is -0.272. The lowest BCUT2D eigenvalue weighted by Crippen LogP contribution is -2.47. The predicted molar refractivity (Wildman–Crippen MR) is 125 cm³/mol. The number of carbonyl (C=O) groups is 3. The smallest absolute Gasteiger partial charge is 0.265 e. The van der Waals surface area contributed by atoms with Crippen LogP contribution in [0.5, 0.6) is 11.5 Å². The Morgan fingerprint density at radius 3 is 2.55 bits per heavy atom. The predicted octanol–water partition coefficient (Wildman–Crippen LogP) is 3.00. The number of piperidine rings is 1. The van der Waals surface area contributed by atoms with Gasteiger partial charge in [0.1, 0.15) is 18.0 Å². The highest BCUT2D eigenvalue weighted by Crippen LogP contribution is 2.34. The summed E-state index contributed by atoms with van der Waals surface area (Å²) >= 11 is 0. The third-order valence-electron chi connectivity index (χ3n) is 5.79. The van der Waals surface area contributed by atoms with E-state index in [1.807, 2.05) is 36.1 Å². The van der Waals surface area contributed by atoms with E-state index in [1.54, 1.807) is 18.2 Å². The molecule has 3 amide bonds. The highest BCUT2D eigenvalue weighted by atomic mass is 16.5. The van der Waals surface area contributed by atoms with Gasteiger partial charge in [-0.05, 0) is 62.1 Å². The van der Waals surface area contributed by atoms with Crippen LogP contribution in [0.4, 0.5) is 11.4 Å². The molecule has 0 spiro atoms. The fraction of sp³-hybridized carbons (Fsp3) is 0.400. The zero-order chi connectivity index (χ0) is 23.2. The molecule has 174 valence electrons. The molecule has 2 aliphatic rings. The number of fused-ring (bicyclic) bond motifs is 1. The molecule has 4 rings (SSSR count). The Bertz CT molecular complexity index is 1020. The van der Waals surface area contributed by atoms with Gasteiger partial charge in [0.05, 0.1) is 18.7 Å². The van der Waals surface area contributed by atoms with Crippen LogP contribution >= 0.6 is 0 Å².